The number of sulfonamides is 1. The molecule has 0 spiro atoms. The molecule has 0 bridgehead atoms. The smallest absolute Gasteiger partial charge is 0.305 e. The van der Waals surface area contributed by atoms with Crippen LogP contribution in [0.5, 0.6) is 0 Å². The maximum absolute atomic E-state index is 13.8. The van der Waals surface area contributed by atoms with E-state index in [1.54, 1.807) is 22.9 Å². The molecule has 0 unspecified atom stereocenters. The van der Waals surface area contributed by atoms with Gasteiger partial charge in [-0.05, 0) is 49.2 Å². The lowest BCUT2D eigenvalue weighted by Gasteiger charge is -2.33. The van der Waals surface area contributed by atoms with Crippen LogP contribution in [0.15, 0.2) is 65.7 Å². The number of aldehydes is 1. The van der Waals surface area contributed by atoms with Crippen molar-refractivity contribution in [3.63, 3.8) is 0 Å². The van der Waals surface area contributed by atoms with Crippen LogP contribution < -0.4 is 0 Å². The van der Waals surface area contributed by atoms with Crippen molar-refractivity contribution in [1.82, 2.24) is 18.8 Å². The van der Waals surface area contributed by atoms with Crippen LogP contribution in [0.25, 0.3) is 22.6 Å². The number of piperidine rings is 1. The van der Waals surface area contributed by atoms with Crippen molar-refractivity contribution in [1.29, 1.82) is 0 Å². The van der Waals surface area contributed by atoms with Crippen molar-refractivity contribution >= 4 is 39.1 Å². The second-order valence-electron chi connectivity index (χ2n) is 8.63. The van der Waals surface area contributed by atoms with Crippen LogP contribution in [0.3, 0.4) is 0 Å². The Balaban J connectivity index is 1.49. The molecule has 0 N–H and O–H groups in total. The van der Waals surface area contributed by atoms with Crippen LogP contribution in [0.1, 0.15) is 34.8 Å². The van der Waals surface area contributed by atoms with E-state index < -0.39 is 21.8 Å². The normalized spacial score (nSPS) is 15.8. The summed E-state index contributed by atoms with van der Waals surface area (Å²) in [5.74, 6) is 0.138. The molecule has 1 saturated heterocycles. The van der Waals surface area contributed by atoms with E-state index in [2.05, 4.69) is 9.97 Å². The summed E-state index contributed by atoms with van der Waals surface area (Å²) in [6.45, 7) is 0.264. The van der Waals surface area contributed by atoms with Crippen LogP contribution in [0.2, 0.25) is 5.02 Å². The second-order valence-corrected chi connectivity index (χ2v) is 11.0. The van der Waals surface area contributed by atoms with Crippen molar-refractivity contribution in [2.24, 2.45) is 0 Å². The molecule has 0 aliphatic carbocycles. The Morgan fingerprint density at radius 3 is 2.43 bits per heavy atom. The summed E-state index contributed by atoms with van der Waals surface area (Å²) in [6, 6.07) is 12.2. The molecule has 3 heterocycles. The van der Waals surface area contributed by atoms with Crippen LogP contribution in [-0.4, -0.2) is 46.6 Å². The lowest BCUT2D eigenvalue weighted by molar-refractivity contribution is -0.137. The predicted octanol–water partition coefficient (Wildman–Crippen LogP) is 5.61. The zero-order valence-corrected chi connectivity index (χ0v) is 20.8. The molecule has 0 radical (unpaired) electrons. The van der Waals surface area contributed by atoms with E-state index in [0.29, 0.717) is 30.3 Å². The molecular formula is C25H20ClF3N4O3S. The first kappa shape index (κ1) is 25.4. The Kier molecular flexibility index (Phi) is 6.55. The van der Waals surface area contributed by atoms with Gasteiger partial charge in [0.2, 0.25) is 10.0 Å². The maximum Gasteiger partial charge on any atom is 0.417 e. The standard InChI is InChI=1S/C25H20ClF3N4O3S/c26-21-14-18(8-7-16(21)15-34)37(35,36)32-12-9-17(10-13-32)33-23(31-22-6-3-11-30-24(22)33)19-4-1-2-5-20(19)25(27,28)29/h1-8,11,14-15,17H,9-10,12-13H2. The fraction of sp³-hybridized carbons (Fsp3) is 0.240. The average Bonchev–Trinajstić information content (AvgIpc) is 3.28. The van der Waals surface area contributed by atoms with Gasteiger partial charge in [-0.1, -0.05) is 29.8 Å². The molecule has 0 saturated carbocycles. The summed E-state index contributed by atoms with van der Waals surface area (Å²) in [5, 5.41) is 0.0369. The van der Waals surface area contributed by atoms with E-state index in [0.717, 1.165) is 6.07 Å². The van der Waals surface area contributed by atoms with Gasteiger partial charge in [-0.25, -0.2) is 18.4 Å². The number of carbonyl (C=O) groups excluding carboxylic acids is 1. The van der Waals surface area contributed by atoms with Crippen LogP contribution in [0.4, 0.5) is 13.2 Å². The summed E-state index contributed by atoms with van der Waals surface area (Å²) >= 11 is 6.03. The number of halogens is 4. The summed E-state index contributed by atoms with van der Waals surface area (Å²) in [5.41, 5.74) is 0.210. The predicted molar refractivity (Wildman–Crippen MR) is 132 cm³/mol. The average molecular weight is 549 g/mol. The van der Waals surface area contributed by atoms with Crippen LogP contribution in [-0.2, 0) is 16.2 Å². The molecule has 7 nitrogen and oxygen atoms in total. The van der Waals surface area contributed by atoms with Gasteiger partial charge in [-0.15, -0.1) is 0 Å². The quantitative estimate of drug-likeness (QED) is 0.303. The van der Waals surface area contributed by atoms with E-state index in [4.69, 9.17) is 11.6 Å². The minimum Gasteiger partial charge on any atom is -0.305 e. The van der Waals surface area contributed by atoms with Gasteiger partial charge < -0.3 is 4.57 Å². The SMILES string of the molecule is O=Cc1ccc(S(=O)(=O)N2CCC(n3c(-c4ccccc4C(F)(F)F)nc4cccnc43)CC2)cc1Cl. The molecule has 2 aromatic carbocycles. The topological polar surface area (TPSA) is 85.2 Å². The number of imidazole rings is 1. The molecule has 1 fully saturated rings. The zero-order valence-electron chi connectivity index (χ0n) is 19.2. The van der Waals surface area contributed by atoms with Gasteiger partial charge in [0.1, 0.15) is 11.3 Å². The Morgan fingerprint density at radius 1 is 1.03 bits per heavy atom. The molecule has 0 amide bonds. The molecule has 5 rings (SSSR count). The summed E-state index contributed by atoms with van der Waals surface area (Å²) in [7, 11) is -3.89. The number of aromatic nitrogens is 3. The monoisotopic (exact) mass is 548 g/mol. The first-order valence-electron chi connectivity index (χ1n) is 11.4. The third-order valence-electron chi connectivity index (χ3n) is 6.45. The van der Waals surface area contributed by atoms with Crippen molar-refractivity contribution in [3.8, 4) is 11.4 Å². The largest absolute Gasteiger partial charge is 0.417 e. The Bertz CT molecular complexity index is 1600. The number of pyridine rings is 1. The Labute approximate surface area is 215 Å². The van der Waals surface area contributed by atoms with E-state index in [-0.39, 0.29) is 46.0 Å². The first-order chi connectivity index (χ1) is 17.6. The van der Waals surface area contributed by atoms with Gasteiger partial charge in [-0.3, -0.25) is 4.79 Å². The highest BCUT2D eigenvalue weighted by Gasteiger charge is 2.37. The van der Waals surface area contributed by atoms with E-state index >= 15 is 0 Å². The van der Waals surface area contributed by atoms with E-state index in [9.17, 15) is 26.4 Å². The third kappa shape index (κ3) is 4.62. The zero-order chi connectivity index (χ0) is 26.4. The molecule has 1 aliphatic rings. The number of alkyl halides is 3. The fourth-order valence-corrected chi connectivity index (χ4v) is 6.43. The number of nitrogens with zero attached hydrogens (tertiary/aromatic N) is 4. The Hall–Kier alpha value is -3.28. The van der Waals surface area contributed by atoms with Gasteiger partial charge in [-0.2, -0.15) is 17.5 Å². The molecule has 0 atom stereocenters. The summed E-state index contributed by atoms with van der Waals surface area (Å²) in [4.78, 5) is 19.9. The van der Waals surface area contributed by atoms with Crippen LogP contribution in [0, 0.1) is 0 Å². The second kappa shape index (κ2) is 9.55. The van der Waals surface area contributed by atoms with Crippen molar-refractivity contribution in [2.75, 3.05) is 13.1 Å². The molecule has 1 aliphatic heterocycles. The van der Waals surface area contributed by atoms with E-state index in [1.165, 1.54) is 40.7 Å². The number of hydrogen-bond acceptors (Lipinski definition) is 5. The lowest BCUT2D eigenvalue weighted by Crippen LogP contribution is -2.39. The molecule has 2 aromatic heterocycles. The molecule has 12 heteroatoms. The first-order valence-corrected chi connectivity index (χ1v) is 13.2. The maximum atomic E-state index is 13.8. The molecule has 37 heavy (non-hydrogen) atoms. The van der Waals surface area contributed by atoms with Gasteiger partial charge >= 0.3 is 6.18 Å². The number of rotatable bonds is 5. The van der Waals surface area contributed by atoms with Gasteiger partial charge in [0.15, 0.2) is 11.9 Å². The highest BCUT2D eigenvalue weighted by Crippen LogP contribution is 2.40. The summed E-state index contributed by atoms with van der Waals surface area (Å²) in [6.07, 6.45) is -1.81. The third-order valence-corrected chi connectivity index (χ3v) is 8.67. The Morgan fingerprint density at radius 2 is 1.76 bits per heavy atom. The van der Waals surface area contributed by atoms with Crippen molar-refractivity contribution in [3.05, 3.63) is 76.9 Å². The lowest BCUT2D eigenvalue weighted by atomic mass is 10.0. The highest BCUT2D eigenvalue weighted by molar-refractivity contribution is 7.89. The minimum absolute atomic E-state index is 0.0314. The van der Waals surface area contributed by atoms with Gasteiger partial charge in [0, 0.05) is 36.5 Å². The minimum atomic E-state index is -4.58. The molecular weight excluding hydrogens is 529 g/mol. The number of hydrogen-bond donors (Lipinski definition) is 0. The van der Waals surface area contributed by atoms with Crippen molar-refractivity contribution in [2.45, 2.75) is 30.0 Å². The molecule has 192 valence electrons. The van der Waals surface area contributed by atoms with E-state index in [1.807, 2.05) is 0 Å². The van der Waals surface area contributed by atoms with Gasteiger partial charge in [0.25, 0.3) is 0 Å². The number of fused-ring (bicyclic) bond motifs is 1. The van der Waals surface area contributed by atoms with Crippen molar-refractivity contribution < 1.29 is 26.4 Å². The number of carbonyl (C=O) groups is 1. The van der Waals surface area contributed by atoms with Gasteiger partial charge in [0.05, 0.1) is 15.5 Å². The highest BCUT2D eigenvalue weighted by atomic mass is 35.5. The number of benzene rings is 2. The van der Waals surface area contributed by atoms with Crippen LogP contribution >= 0.6 is 11.6 Å². The molecule has 4 aromatic rings. The fourth-order valence-electron chi connectivity index (χ4n) is 4.64. The summed E-state index contributed by atoms with van der Waals surface area (Å²) < 4.78 is 70.9.